The Balaban J connectivity index is 2.61. The maximum atomic E-state index is 7.29. The van der Waals surface area contributed by atoms with E-state index in [4.69, 9.17) is 13.0 Å². The molecule has 68 valence electrons. The number of benzene rings is 1. The molecule has 0 fully saturated rings. The first-order valence-electron chi connectivity index (χ1n) is 6.45. The number of hydrogen-bond acceptors (Lipinski definition) is 2. The van der Waals surface area contributed by atoms with Crippen molar-refractivity contribution in [1.29, 1.82) is 0 Å². The fraction of sp³-hybridized carbons (Fsp3) is 0.222. The summed E-state index contributed by atoms with van der Waals surface area (Å²) in [6.45, 7) is -2.43. The van der Waals surface area contributed by atoms with Crippen LogP contribution in [0.2, 0.25) is 0 Å². The molecular formula is C9H9BrN2O. The molecular weight excluding hydrogens is 232 g/mol. The van der Waals surface area contributed by atoms with E-state index in [1.165, 1.54) is 12.3 Å². The maximum Gasteiger partial charge on any atom is 0.147 e. The van der Waals surface area contributed by atoms with E-state index in [9.17, 15) is 0 Å². The summed E-state index contributed by atoms with van der Waals surface area (Å²) < 4.78 is 49.3. The first-order chi connectivity index (χ1) is 8.58. The fourth-order valence-electron chi connectivity index (χ4n) is 1.13. The Morgan fingerprint density at radius 3 is 3.31 bits per heavy atom. The van der Waals surface area contributed by atoms with Gasteiger partial charge in [0.1, 0.15) is 11.3 Å². The van der Waals surface area contributed by atoms with E-state index in [2.05, 4.69) is 21.0 Å². The number of methoxy groups -OCH3 is 1. The molecule has 1 heterocycles. The molecule has 0 aliphatic heterocycles. The van der Waals surface area contributed by atoms with Gasteiger partial charge >= 0.3 is 0 Å². The molecule has 0 spiro atoms. The Kier molecular flexibility index (Phi) is 0.933. The molecule has 0 radical (unpaired) electrons. The number of ether oxygens (including phenoxy) is 1. The second-order valence-corrected chi connectivity index (χ2v) is 3.34. The summed E-state index contributed by atoms with van der Waals surface area (Å²) in [5.41, 5.74) is 0.182. The summed E-state index contributed by atoms with van der Waals surface area (Å²) in [5.74, 6) is 0.0150. The molecule has 0 amide bonds. The Hall–Kier alpha value is -1.03. The van der Waals surface area contributed by atoms with Gasteiger partial charge in [-0.3, -0.25) is 4.68 Å². The van der Waals surface area contributed by atoms with Gasteiger partial charge in [-0.1, -0.05) is 15.9 Å². The molecule has 0 aliphatic rings. The van der Waals surface area contributed by atoms with Gasteiger partial charge < -0.3 is 4.74 Å². The highest BCUT2D eigenvalue weighted by atomic mass is 79.9. The average Bonchev–Trinajstić information content (AvgIpc) is 2.65. The largest absolute Gasteiger partial charge is 0.494 e. The van der Waals surface area contributed by atoms with Gasteiger partial charge in [0.05, 0.1) is 11.2 Å². The molecule has 0 saturated carbocycles. The van der Waals surface area contributed by atoms with E-state index in [0.29, 0.717) is 9.86 Å². The molecule has 0 atom stereocenters. The van der Waals surface area contributed by atoms with Crippen LogP contribution >= 0.6 is 15.9 Å². The number of rotatable bonds is 1. The molecule has 2 rings (SSSR count). The summed E-state index contributed by atoms with van der Waals surface area (Å²) in [6.07, 6.45) is 1.32. The third-order valence-electron chi connectivity index (χ3n) is 1.70. The van der Waals surface area contributed by atoms with Crippen LogP contribution in [0.1, 0.15) is 8.22 Å². The monoisotopic (exact) mass is 246 g/mol. The molecule has 0 saturated heterocycles. The predicted molar refractivity (Wildman–Crippen MR) is 55.0 cm³/mol. The highest BCUT2D eigenvalue weighted by Crippen LogP contribution is 2.29. The van der Waals surface area contributed by atoms with Crippen molar-refractivity contribution in [3.63, 3.8) is 0 Å². The lowest BCUT2D eigenvalue weighted by Gasteiger charge is -2.00. The van der Waals surface area contributed by atoms with Crippen LogP contribution < -0.4 is 4.74 Å². The Morgan fingerprint density at radius 1 is 1.62 bits per heavy atom. The first-order valence-corrected chi connectivity index (χ1v) is 4.25. The first kappa shape index (κ1) is 4.00. The second kappa shape index (κ2) is 3.03. The van der Waals surface area contributed by atoms with E-state index < -0.39 is 14.0 Å². The van der Waals surface area contributed by atoms with Crippen LogP contribution in [0.4, 0.5) is 0 Å². The zero-order valence-electron chi connectivity index (χ0n) is 12.4. The summed E-state index contributed by atoms with van der Waals surface area (Å²) in [4.78, 5) is 0. The number of aryl methyl sites for hydroxylation is 1. The quantitative estimate of drug-likeness (QED) is 0.773. The zero-order valence-corrected chi connectivity index (χ0v) is 8.00. The van der Waals surface area contributed by atoms with Crippen molar-refractivity contribution in [2.24, 2.45) is 6.98 Å². The van der Waals surface area contributed by atoms with Crippen LogP contribution in [0.5, 0.6) is 5.75 Å². The van der Waals surface area contributed by atoms with Crippen molar-refractivity contribution in [1.82, 2.24) is 9.78 Å². The minimum atomic E-state index is -2.62. The van der Waals surface area contributed by atoms with E-state index in [1.807, 2.05) is 0 Å². The molecule has 13 heavy (non-hydrogen) atoms. The van der Waals surface area contributed by atoms with E-state index in [0.717, 1.165) is 4.68 Å². The van der Waals surface area contributed by atoms with Crippen molar-refractivity contribution in [3.8, 4) is 5.75 Å². The molecule has 0 N–H and O–H groups in total. The standard InChI is InChI=1S/C9H9BrN2O/c1-12-5-6-7(10)3-4-8(13-2)9(6)11-12/h3-5H,1-2H3/i1D3,2D3. The van der Waals surface area contributed by atoms with Gasteiger partial charge in [-0.15, -0.1) is 0 Å². The maximum absolute atomic E-state index is 7.29. The fourth-order valence-corrected chi connectivity index (χ4v) is 1.55. The van der Waals surface area contributed by atoms with Crippen molar-refractivity contribution in [3.05, 3.63) is 22.8 Å². The minimum absolute atomic E-state index is 0.0150. The molecule has 0 aliphatic carbocycles. The van der Waals surface area contributed by atoms with Crippen molar-refractivity contribution in [2.75, 3.05) is 7.04 Å². The smallest absolute Gasteiger partial charge is 0.147 e. The number of hydrogen-bond donors (Lipinski definition) is 0. The van der Waals surface area contributed by atoms with Gasteiger partial charge in [-0.25, -0.2) is 0 Å². The highest BCUT2D eigenvalue weighted by Gasteiger charge is 2.07. The lowest BCUT2D eigenvalue weighted by molar-refractivity contribution is 0.418. The second-order valence-electron chi connectivity index (χ2n) is 2.48. The van der Waals surface area contributed by atoms with Crippen molar-refractivity contribution < 1.29 is 13.0 Å². The minimum Gasteiger partial charge on any atom is -0.494 e. The van der Waals surface area contributed by atoms with Crippen LogP contribution in [0.25, 0.3) is 10.9 Å². The van der Waals surface area contributed by atoms with E-state index in [-0.39, 0.29) is 11.3 Å². The molecule has 2 aromatic rings. The Morgan fingerprint density at radius 2 is 2.54 bits per heavy atom. The van der Waals surface area contributed by atoms with Crippen LogP contribution in [0.3, 0.4) is 0 Å². The average molecular weight is 247 g/mol. The lowest BCUT2D eigenvalue weighted by Crippen LogP contribution is -1.87. The van der Waals surface area contributed by atoms with Gasteiger partial charge in [0.2, 0.25) is 0 Å². The lowest BCUT2D eigenvalue weighted by atomic mass is 10.2. The van der Waals surface area contributed by atoms with E-state index in [1.54, 1.807) is 6.07 Å². The van der Waals surface area contributed by atoms with Gasteiger partial charge in [-0.2, -0.15) is 5.10 Å². The summed E-state index contributed by atoms with van der Waals surface area (Å²) >= 11 is 3.26. The number of fused-ring (bicyclic) bond motifs is 1. The van der Waals surface area contributed by atoms with Crippen LogP contribution in [0.15, 0.2) is 22.8 Å². The number of nitrogens with zero attached hydrogens (tertiary/aromatic N) is 2. The highest BCUT2D eigenvalue weighted by molar-refractivity contribution is 9.10. The van der Waals surface area contributed by atoms with Crippen molar-refractivity contribution in [2.45, 2.75) is 0 Å². The predicted octanol–water partition coefficient (Wildman–Crippen LogP) is 2.34. The summed E-state index contributed by atoms with van der Waals surface area (Å²) in [5, 5.41) is 4.35. The SMILES string of the molecule is [2H]C([2H])([2H])Oc1ccc(Br)c2cn(C([2H])([2H])[2H])nc12. The molecule has 0 bridgehead atoms. The Labute approximate surface area is 92.9 Å². The summed E-state index contributed by atoms with van der Waals surface area (Å²) in [7, 11) is -2.62. The number of halogens is 1. The molecule has 1 aromatic heterocycles. The van der Waals surface area contributed by atoms with Gasteiger partial charge in [0, 0.05) is 27.1 Å². The molecule has 1 aromatic carbocycles. The van der Waals surface area contributed by atoms with Gasteiger partial charge in [-0.05, 0) is 12.1 Å². The zero-order chi connectivity index (χ0) is 14.4. The summed E-state index contributed by atoms with van der Waals surface area (Å²) in [6, 6.07) is 3.00. The molecule has 4 heteroatoms. The Bertz CT molecular complexity index is 617. The van der Waals surface area contributed by atoms with Crippen LogP contribution in [-0.4, -0.2) is 16.8 Å². The van der Waals surface area contributed by atoms with Crippen LogP contribution in [-0.2, 0) is 6.98 Å². The normalized spacial score (nSPS) is 19.5. The topological polar surface area (TPSA) is 27.1 Å². The van der Waals surface area contributed by atoms with Gasteiger partial charge in [0.25, 0.3) is 0 Å². The van der Waals surface area contributed by atoms with E-state index >= 15 is 0 Å². The van der Waals surface area contributed by atoms with Crippen LogP contribution in [0, 0.1) is 0 Å². The molecule has 3 nitrogen and oxygen atoms in total. The van der Waals surface area contributed by atoms with Crippen molar-refractivity contribution >= 4 is 26.8 Å². The molecule has 0 unspecified atom stereocenters. The van der Waals surface area contributed by atoms with Gasteiger partial charge in [0.15, 0.2) is 0 Å². The third-order valence-corrected chi connectivity index (χ3v) is 2.39. The number of aromatic nitrogens is 2. The third kappa shape index (κ3) is 1.31.